The summed E-state index contributed by atoms with van der Waals surface area (Å²) in [6, 6.07) is 7.50. The van der Waals surface area contributed by atoms with Crippen LogP contribution in [0.15, 0.2) is 24.3 Å². The molecular weight excluding hydrogens is 348 g/mol. The van der Waals surface area contributed by atoms with E-state index in [2.05, 4.69) is 20.6 Å². The normalized spacial score (nSPS) is 15.3. The quantitative estimate of drug-likeness (QED) is 0.729. The molecule has 138 valence electrons. The maximum absolute atomic E-state index is 12.7. The third-order valence-corrected chi connectivity index (χ3v) is 4.96. The van der Waals surface area contributed by atoms with Gasteiger partial charge in [-0.15, -0.1) is 0 Å². The average Bonchev–Trinajstić information content (AvgIpc) is 2.86. The lowest BCUT2D eigenvalue weighted by Gasteiger charge is -2.17. The number of anilines is 2. The summed E-state index contributed by atoms with van der Waals surface area (Å²) in [5.41, 5.74) is 2.76. The molecule has 1 aliphatic rings. The van der Waals surface area contributed by atoms with Crippen molar-refractivity contribution in [2.45, 2.75) is 58.4 Å². The Morgan fingerprint density at radius 3 is 2.54 bits per heavy atom. The molecule has 0 saturated heterocycles. The first-order valence-electron chi connectivity index (χ1n) is 9.21. The number of rotatable bonds is 4. The number of amides is 1. The Balaban J connectivity index is 1.75. The topological polar surface area (TPSA) is 66.9 Å². The van der Waals surface area contributed by atoms with Gasteiger partial charge in [-0.1, -0.05) is 43.4 Å². The van der Waals surface area contributed by atoms with Crippen LogP contribution in [0.4, 0.5) is 11.6 Å². The molecule has 0 bridgehead atoms. The summed E-state index contributed by atoms with van der Waals surface area (Å²) in [5.74, 6) is 0.273. The predicted molar refractivity (Wildman–Crippen MR) is 106 cm³/mol. The lowest BCUT2D eigenvalue weighted by Crippen LogP contribution is -2.22. The number of hydrogen-bond donors (Lipinski definition) is 2. The summed E-state index contributed by atoms with van der Waals surface area (Å²) in [4.78, 5) is 21.6. The molecule has 26 heavy (non-hydrogen) atoms. The predicted octanol–water partition coefficient (Wildman–Crippen LogP) is 5.13. The molecule has 5 nitrogen and oxygen atoms in total. The van der Waals surface area contributed by atoms with Crippen molar-refractivity contribution in [3.63, 3.8) is 0 Å². The largest absolute Gasteiger partial charge is 0.351 e. The van der Waals surface area contributed by atoms with Crippen LogP contribution >= 0.6 is 11.6 Å². The number of halogens is 1. The lowest BCUT2D eigenvalue weighted by atomic mass is 10.1. The van der Waals surface area contributed by atoms with Crippen LogP contribution in [-0.4, -0.2) is 21.9 Å². The van der Waals surface area contributed by atoms with Gasteiger partial charge in [-0.3, -0.25) is 4.79 Å². The number of aryl methyl sites for hydroxylation is 2. The highest BCUT2D eigenvalue weighted by Crippen LogP contribution is 2.22. The summed E-state index contributed by atoms with van der Waals surface area (Å²) in [7, 11) is 0. The molecule has 1 aliphatic carbocycles. The first kappa shape index (κ1) is 18.6. The Labute approximate surface area is 159 Å². The van der Waals surface area contributed by atoms with E-state index in [0.717, 1.165) is 24.1 Å². The average molecular weight is 373 g/mol. The van der Waals surface area contributed by atoms with E-state index in [1.807, 2.05) is 19.9 Å². The van der Waals surface area contributed by atoms with E-state index in [1.165, 1.54) is 25.7 Å². The molecule has 1 aromatic heterocycles. The summed E-state index contributed by atoms with van der Waals surface area (Å²) in [5, 5.41) is 6.90. The molecule has 1 aromatic carbocycles. The van der Waals surface area contributed by atoms with Gasteiger partial charge in [-0.25, -0.2) is 9.97 Å². The van der Waals surface area contributed by atoms with E-state index in [4.69, 9.17) is 11.6 Å². The van der Waals surface area contributed by atoms with Gasteiger partial charge in [0, 0.05) is 22.4 Å². The van der Waals surface area contributed by atoms with E-state index in [9.17, 15) is 4.79 Å². The Bertz CT molecular complexity index is 785. The van der Waals surface area contributed by atoms with Gasteiger partial charge in [0.15, 0.2) is 0 Å². The molecule has 1 fully saturated rings. The van der Waals surface area contributed by atoms with E-state index in [-0.39, 0.29) is 5.91 Å². The van der Waals surface area contributed by atoms with Gasteiger partial charge in [0.1, 0.15) is 5.69 Å². The summed E-state index contributed by atoms with van der Waals surface area (Å²) >= 11 is 6.03. The Morgan fingerprint density at radius 2 is 1.81 bits per heavy atom. The minimum Gasteiger partial charge on any atom is -0.351 e. The molecule has 2 aromatic rings. The van der Waals surface area contributed by atoms with Gasteiger partial charge in [0.25, 0.3) is 5.91 Å². The van der Waals surface area contributed by atoms with Crippen molar-refractivity contribution < 1.29 is 4.79 Å². The van der Waals surface area contributed by atoms with Crippen molar-refractivity contribution in [2.75, 3.05) is 10.6 Å². The van der Waals surface area contributed by atoms with Crippen molar-refractivity contribution >= 4 is 29.1 Å². The first-order valence-corrected chi connectivity index (χ1v) is 9.59. The van der Waals surface area contributed by atoms with Crippen LogP contribution in [0, 0.1) is 13.8 Å². The standard InChI is InChI=1S/C20H25ClN4O/c1-13-9-10-15(21)12-17(13)24-19(26)18-11-14(2)22-20(25-18)23-16-7-5-3-4-6-8-16/h9-12,16H,3-8H2,1-2H3,(H,24,26)(H,22,23,25). The molecular formula is C20H25ClN4O. The number of hydrogen-bond acceptors (Lipinski definition) is 4. The highest BCUT2D eigenvalue weighted by Gasteiger charge is 2.16. The third-order valence-electron chi connectivity index (χ3n) is 4.72. The Kier molecular flexibility index (Phi) is 6.09. The minimum atomic E-state index is -0.259. The van der Waals surface area contributed by atoms with Crippen LogP contribution in [0.5, 0.6) is 0 Å². The summed E-state index contributed by atoms with van der Waals surface area (Å²) in [6.07, 6.45) is 7.29. The number of aromatic nitrogens is 2. The monoisotopic (exact) mass is 372 g/mol. The highest BCUT2D eigenvalue weighted by molar-refractivity contribution is 6.31. The van der Waals surface area contributed by atoms with Crippen LogP contribution < -0.4 is 10.6 Å². The zero-order chi connectivity index (χ0) is 18.5. The third kappa shape index (κ3) is 4.94. The van der Waals surface area contributed by atoms with Crippen molar-refractivity contribution in [3.8, 4) is 0 Å². The zero-order valence-corrected chi connectivity index (χ0v) is 16.1. The van der Waals surface area contributed by atoms with Gasteiger partial charge in [0.2, 0.25) is 5.95 Å². The van der Waals surface area contributed by atoms with Crippen LogP contribution in [0.2, 0.25) is 5.02 Å². The fraction of sp³-hybridized carbons (Fsp3) is 0.450. The molecule has 1 heterocycles. The highest BCUT2D eigenvalue weighted by atomic mass is 35.5. The fourth-order valence-corrected chi connectivity index (χ4v) is 3.44. The molecule has 0 radical (unpaired) electrons. The summed E-state index contributed by atoms with van der Waals surface area (Å²) < 4.78 is 0. The van der Waals surface area contributed by atoms with Crippen LogP contribution in [0.3, 0.4) is 0 Å². The van der Waals surface area contributed by atoms with E-state index >= 15 is 0 Å². The summed E-state index contributed by atoms with van der Waals surface area (Å²) in [6.45, 7) is 3.80. The van der Waals surface area contributed by atoms with Crippen molar-refractivity contribution in [1.29, 1.82) is 0 Å². The number of nitrogens with one attached hydrogen (secondary N) is 2. The van der Waals surface area contributed by atoms with Crippen LogP contribution in [-0.2, 0) is 0 Å². The molecule has 0 atom stereocenters. The zero-order valence-electron chi connectivity index (χ0n) is 15.3. The molecule has 3 rings (SSSR count). The van der Waals surface area contributed by atoms with Crippen molar-refractivity contribution in [2.24, 2.45) is 0 Å². The number of carbonyl (C=O) groups is 1. The second-order valence-electron chi connectivity index (χ2n) is 6.96. The minimum absolute atomic E-state index is 0.259. The number of benzene rings is 1. The fourth-order valence-electron chi connectivity index (χ4n) is 3.27. The molecule has 0 spiro atoms. The second-order valence-corrected chi connectivity index (χ2v) is 7.40. The van der Waals surface area contributed by atoms with Gasteiger partial charge >= 0.3 is 0 Å². The van der Waals surface area contributed by atoms with Gasteiger partial charge in [-0.2, -0.15) is 0 Å². The molecule has 6 heteroatoms. The van der Waals surface area contributed by atoms with Gasteiger partial charge in [0.05, 0.1) is 0 Å². The number of nitrogens with zero attached hydrogens (tertiary/aromatic N) is 2. The maximum atomic E-state index is 12.7. The molecule has 1 saturated carbocycles. The maximum Gasteiger partial charge on any atom is 0.274 e. The lowest BCUT2D eigenvalue weighted by molar-refractivity contribution is 0.102. The molecule has 0 unspecified atom stereocenters. The van der Waals surface area contributed by atoms with Crippen molar-refractivity contribution in [3.05, 3.63) is 46.2 Å². The molecule has 1 amide bonds. The first-order chi connectivity index (χ1) is 12.5. The van der Waals surface area contributed by atoms with Crippen molar-refractivity contribution in [1.82, 2.24) is 9.97 Å². The smallest absolute Gasteiger partial charge is 0.274 e. The Morgan fingerprint density at radius 1 is 1.08 bits per heavy atom. The SMILES string of the molecule is Cc1cc(C(=O)Nc2cc(Cl)ccc2C)nc(NC2CCCCCC2)n1. The van der Waals surface area contributed by atoms with E-state index < -0.39 is 0 Å². The van der Waals surface area contributed by atoms with E-state index in [0.29, 0.717) is 28.4 Å². The van der Waals surface area contributed by atoms with E-state index in [1.54, 1.807) is 18.2 Å². The molecule has 2 N–H and O–H groups in total. The molecule has 0 aliphatic heterocycles. The second kappa shape index (κ2) is 8.49. The van der Waals surface area contributed by atoms with Gasteiger partial charge in [-0.05, 0) is 50.5 Å². The number of carbonyl (C=O) groups excluding carboxylic acids is 1. The van der Waals surface area contributed by atoms with Gasteiger partial charge < -0.3 is 10.6 Å². The Hall–Kier alpha value is -2.14. The van der Waals surface area contributed by atoms with Crippen LogP contribution in [0.25, 0.3) is 0 Å². The van der Waals surface area contributed by atoms with Crippen LogP contribution in [0.1, 0.15) is 60.3 Å².